The van der Waals surface area contributed by atoms with Crippen LogP contribution in [0.15, 0.2) is 0 Å². The molecular weight excluding hydrogens is 252 g/mol. The van der Waals surface area contributed by atoms with E-state index in [1.165, 1.54) is 32.1 Å². The van der Waals surface area contributed by atoms with E-state index in [2.05, 4.69) is 10.2 Å². The fraction of sp³-hybridized carbons (Fsp3) is 0.938. The summed E-state index contributed by atoms with van der Waals surface area (Å²) in [5.41, 5.74) is 0. The van der Waals surface area contributed by atoms with Crippen molar-refractivity contribution in [2.45, 2.75) is 63.5 Å². The van der Waals surface area contributed by atoms with Gasteiger partial charge < -0.3 is 15.0 Å². The molecule has 1 N–H and O–H groups in total. The molecule has 4 heteroatoms. The summed E-state index contributed by atoms with van der Waals surface area (Å²) in [6, 6.07) is 1.09. The summed E-state index contributed by atoms with van der Waals surface area (Å²) in [7, 11) is 0. The first-order valence-electron chi connectivity index (χ1n) is 8.43. The molecule has 4 nitrogen and oxygen atoms in total. The van der Waals surface area contributed by atoms with E-state index in [-0.39, 0.29) is 0 Å². The van der Waals surface area contributed by atoms with Gasteiger partial charge in [-0.2, -0.15) is 0 Å². The zero-order valence-electron chi connectivity index (χ0n) is 12.5. The van der Waals surface area contributed by atoms with Crippen LogP contribution < -0.4 is 5.32 Å². The number of carbonyl (C=O) groups excluding carboxylic acids is 1. The van der Waals surface area contributed by atoms with E-state index in [9.17, 15) is 4.79 Å². The molecule has 0 spiro atoms. The molecule has 2 saturated heterocycles. The normalized spacial score (nSPS) is 30.4. The van der Waals surface area contributed by atoms with Crippen LogP contribution in [0.3, 0.4) is 0 Å². The molecule has 0 radical (unpaired) electrons. The molecule has 2 atom stereocenters. The minimum absolute atomic E-state index is 0.381. The summed E-state index contributed by atoms with van der Waals surface area (Å²) in [6.07, 6.45) is 9.05. The Bertz CT molecular complexity index is 318. The number of hydrogen-bond donors (Lipinski definition) is 1. The number of nitrogens with one attached hydrogen (secondary N) is 1. The molecule has 3 fully saturated rings. The third-order valence-electron chi connectivity index (χ3n) is 4.91. The molecule has 1 amide bonds. The van der Waals surface area contributed by atoms with Gasteiger partial charge in [-0.05, 0) is 57.4 Å². The summed E-state index contributed by atoms with van der Waals surface area (Å²) >= 11 is 0. The lowest BCUT2D eigenvalue weighted by atomic mass is 9.96. The van der Waals surface area contributed by atoms with Crippen LogP contribution in [0.4, 0.5) is 0 Å². The summed E-state index contributed by atoms with van der Waals surface area (Å²) < 4.78 is 5.51. The lowest BCUT2D eigenvalue weighted by Gasteiger charge is -2.27. The third kappa shape index (κ3) is 3.95. The van der Waals surface area contributed by atoms with Crippen molar-refractivity contribution >= 4 is 5.91 Å². The predicted octanol–water partition coefficient (Wildman–Crippen LogP) is 1.94. The highest BCUT2D eigenvalue weighted by Crippen LogP contribution is 2.29. The molecule has 0 aromatic carbocycles. The highest BCUT2D eigenvalue weighted by atomic mass is 16.5. The van der Waals surface area contributed by atoms with Gasteiger partial charge in [-0.25, -0.2) is 0 Å². The van der Waals surface area contributed by atoms with Crippen molar-refractivity contribution in [2.24, 2.45) is 5.92 Å². The molecule has 0 unspecified atom stereocenters. The van der Waals surface area contributed by atoms with E-state index in [1.807, 2.05) is 0 Å². The third-order valence-corrected chi connectivity index (χ3v) is 4.91. The average molecular weight is 280 g/mol. The second-order valence-corrected chi connectivity index (χ2v) is 6.69. The molecule has 3 rings (SSSR count). The maximum atomic E-state index is 12.5. The highest BCUT2D eigenvalue weighted by molar-refractivity contribution is 5.77. The van der Waals surface area contributed by atoms with Gasteiger partial charge in [-0.1, -0.05) is 0 Å². The summed E-state index contributed by atoms with van der Waals surface area (Å²) in [5.74, 6) is 0.991. The van der Waals surface area contributed by atoms with Crippen molar-refractivity contribution < 1.29 is 9.53 Å². The van der Waals surface area contributed by atoms with Gasteiger partial charge in [0, 0.05) is 38.3 Å². The minimum Gasteiger partial charge on any atom is -0.381 e. The molecule has 20 heavy (non-hydrogen) atoms. The molecule has 2 aliphatic heterocycles. The van der Waals surface area contributed by atoms with Crippen LogP contribution in [0, 0.1) is 5.92 Å². The highest BCUT2D eigenvalue weighted by Gasteiger charge is 2.34. The van der Waals surface area contributed by atoms with Gasteiger partial charge in [-0.3, -0.25) is 4.79 Å². The summed E-state index contributed by atoms with van der Waals surface area (Å²) in [4.78, 5) is 14.7. The van der Waals surface area contributed by atoms with Crippen molar-refractivity contribution in [3.8, 4) is 0 Å². The van der Waals surface area contributed by atoms with Gasteiger partial charge >= 0.3 is 0 Å². The Morgan fingerprint density at radius 2 is 2.10 bits per heavy atom. The molecule has 114 valence electrons. The second-order valence-electron chi connectivity index (χ2n) is 6.69. The Morgan fingerprint density at radius 3 is 2.75 bits per heavy atom. The fourth-order valence-corrected chi connectivity index (χ4v) is 3.50. The van der Waals surface area contributed by atoms with Gasteiger partial charge in [0.15, 0.2) is 0 Å². The van der Waals surface area contributed by atoms with Crippen LogP contribution in [-0.4, -0.2) is 49.2 Å². The first-order valence-corrected chi connectivity index (χ1v) is 8.43. The molecule has 2 heterocycles. The second kappa shape index (κ2) is 6.90. The van der Waals surface area contributed by atoms with Crippen LogP contribution in [0.1, 0.15) is 51.4 Å². The Kier molecular flexibility index (Phi) is 4.94. The van der Waals surface area contributed by atoms with Crippen molar-refractivity contribution in [1.29, 1.82) is 0 Å². The van der Waals surface area contributed by atoms with Crippen molar-refractivity contribution in [3.63, 3.8) is 0 Å². The average Bonchev–Trinajstić information content (AvgIpc) is 3.20. The lowest BCUT2D eigenvalue weighted by Crippen LogP contribution is -2.42. The lowest BCUT2D eigenvalue weighted by molar-refractivity contribution is -0.132. The summed E-state index contributed by atoms with van der Waals surface area (Å²) in [5, 5.41) is 3.52. The van der Waals surface area contributed by atoms with Gasteiger partial charge in [-0.15, -0.1) is 0 Å². The van der Waals surface area contributed by atoms with Crippen molar-refractivity contribution in [1.82, 2.24) is 10.2 Å². The molecule has 3 aliphatic rings. The number of ether oxygens (including phenoxy) is 1. The maximum absolute atomic E-state index is 12.5. The molecular formula is C16H28N2O2. The zero-order chi connectivity index (χ0) is 13.8. The van der Waals surface area contributed by atoms with Gasteiger partial charge in [0.1, 0.15) is 0 Å². The van der Waals surface area contributed by atoms with Gasteiger partial charge in [0.05, 0.1) is 0 Å². The van der Waals surface area contributed by atoms with Crippen LogP contribution in [-0.2, 0) is 9.53 Å². The minimum atomic E-state index is 0.381. The first kappa shape index (κ1) is 14.3. The molecule has 0 bridgehead atoms. The van der Waals surface area contributed by atoms with Gasteiger partial charge in [0.2, 0.25) is 5.91 Å². The van der Waals surface area contributed by atoms with Crippen LogP contribution >= 0.6 is 0 Å². The molecule has 1 saturated carbocycles. The Balaban J connectivity index is 1.44. The SMILES string of the molecule is O=C(CC[C@@H]1CCCOC1)N(C[C@@H]1CCCN1)C1CC1. The number of hydrogen-bond acceptors (Lipinski definition) is 3. The van der Waals surface area contributed by atoms with E-state index in [4.69, 9.17) is 4.74 Å². The van der Waals surface area contributed by atoms with E-state index in [0.29, 0.717) is 23.9 Å². The van der Waals surface area contributed by atoms with E-state index >= 15 is 0 Å². The fourth-order valence-electron chi connectivity index (χ4n) is 3.50. The predicted molar refractivity (Wildman–Crippen MR) is 78.5 cm³/mol. The number of rotatable bonds is 6. The quantitative estimate of drug-likeness (QED) is 0.808. The Morgan fingerprint density at radius 1 is 1.20 bits per heavy atom. The van der Waals surface area contributed by atoms with E-state index in [1.54, 1.807) is 0 Å². The zero-order valence-corrected chi connectivity index (χ0v) is 12.5. The number of nitrogens with zero attached hydrogens (tertiary/aromatic N) is 1. The number of carbonyl (C=O) groups is 1. The van der Waals surface area contributed by atoms with Crippen molar-refractivity contribution in [3.05, 3.63) is 0 Å². The van der Waals surface area contributed by atoms with E-state index < -0.39 is 0 Å². The largest absolute Gasteiger partial charge is 0.381 e. The monoisotopic (exact) mass is 280 g/mol. The van der Waals surface area contributed by atoms with Crippen molar-refractivity contribution in [2.75, 3.05) is 26.3 Å². The topological polar surface area (TPSA) is 41.6 Å². The first-order chi connectivity index (χ1) is 9.83. The maximum Gasteiger partial charge on any atom is 0.222 e. The number of amides is 1. The van der Waals surface area contributed by atoms with Crippen LogP contribution in [0.2, 0.25) is 0 Å². The van der Waals surface area contributed by atoms with E-state index in [0.717, 1.165) is 45.6 Å². The molecule has 0 aromatic rings. The Hall–Kier alpha value is -0.610. The standard InChI is InChI=1S/C16H28N2O2/c19-16(8-5-13-3-2-10-20-12-13)18(15-6-7-15)11-14-4-1-9-17-14/h13-15,17H,1-12H2/t13-,14-/m0/s1. The van der Waals surface area contributed by atoms with Gasteiger partial charge in [0.25, 0.3) is 0 Å². The van der Waals surface area contributed by atoms with Crippen LogP contribution in [0.25, 0.3) is 0 Å². The Labute approximate surface area is 122 Å². The smallest absolute Gasteiger partial charge is 0.222 e. The summed E-state index contributed by atoms with van der Waals surface area (Å²) in [6.45, 7) is 3.83. The van der Waals surface area contributed by atoms with Crippen LogP contribution in [0.5, 0.6) is 0 Å². The molecule has 1 aliphatic carbocycles. The molecule has 0 aromatic heterocycles.